The van der Waals surface area contributed by atoms with Crippen LogP contribution >= 0.6 is 0 Å². The molecule has 3 amide bonds. The Morgan fingerprint density at radius 1 is 1.00 bits per heavy atom. The number of halogens is 2. The molecule has 152 valence electrons. The van der Waals surface area contributed by atoms with E-state index in [4.69, 9.17) is 0 Å². The van der Waals surface area contributed by atoms with Gasteiger partial charge in [0.2, 0.25) is 17.7 Å². The summed E-state index contributed by atoms with van der Waals surface area (Å²) in [7, 11) is 0. The zero-order valence-corrected chi connectivity index (χ0v) is 15.7. The fourth-order valence-electron chi connectivity index (χ4n) is 3.20. The van der Waals surface area contributed by atoms with Crippen molar-refractivity contribution in [2.24, 2.45) is 5.92 Å². The predicted octanol–water partition coefficient (Wildman–Crippen LogP) is 1.79. The number of anilines is 1. The minimum absolute atomic E-state index is 0.0374. The van der Waals surface area contributed by atoms with Gasteiger partial charge in [-0.1, -0.05) is 30.3 Å². The van der Waals surface area contributed by atoms with E-state index >= 15 is 0 Å². The van der Waals surface area contributed by atoms with E-state index in [0.29, 0.717) is 0 Å². The van der Waals surface area contributed by atoms with E-state index in [9.17, 15) is 23.2 Å². The molecule has 0 saturated carbocycles. The van der Waals surface area contributed by atoms with Crippen LogP contribution in [0.1, 0.15) is 12.0 Å². The van der Waals surface area contributed by atoms with Crippen molar-refractivity contribution in [1.82, 2.24) is 10.6 Å². The van der Waals surface area contributed by atoms with Crippen molar-refractivity contribution >= 4 is 23.4 Å². The first-order valence-corrected chi connectivity index (χ1v) is 9.27. The summed E-state index contributed by atoms with van der Waals surface area (Å²) in [6, 6.07) is 12.1. The van der Waals surface area contributed by atoms with Crippen molar-refractivity contribution < 1.29 is 23.2 Å². The van der Waals surface area contributed by atoms with E-state index in [1.165, 1.54) is 4.90 Å². The number of carbonyl (C=O) groups excluding carboxylic acids is 3. The van der Waals surface area contributed by atoms with Crippen molar-refractivity contribution in [3.8, 4) is 0 Å². The molecule has 0 aromatic heterocycles. The zero-order chi connectivity index (χ0) is 20.8. The Labute approximate surface area is 166 Å². The molecule has 1 atom stereocenters. The van der Waals surface area contributed by atoms with Crippen LogP contribution in [-0.2, 0) is 20.8 Å². The molecule has 1 fully saturated rings. The topological polar surface area (TPSA) is 78.5 Å². The summed E-state index contributed by atoms with van der Waals surface area (Å²) in [6.07, 6.45) is 0.218. The molecule has 0 aliphatic carbocycles. The second-order valence-corrected chi connectivity index (χ2v) is 6.84. The van der Waals surface area contributed by atoms with Gasteiger partial charge in [0.25, 0.3) is 0 Å². The Morgan fingerprint density at radius 3 is 2.34 bits per heavy atom. The largest absolute Gasteiger partial charge is 0.354 e. The summed E-state index contributed by atoms with van der Waals surface area (Å²) in [5.41, 5.74) is 0.989. The summed E-state index contributed by atoms with van der Waals surface area (Å²) >= 11 is 0. The van der Waals surface area contributed by atoms with Crippen molar-refractivity contribution in [3.63, 3.8) is 0 Å². The summed E-state index contributed by atoms with van der Waals surface area (Å²) < 4.78 is 26.8. The standard InChI is InChI=1S/C21H21F2N3O3/c22-16-10-17(23)12-18(11-16)26-13-15(9-20(26)28)21(29)25-7-6-24-19(27)8-14-4-2-1-3-5-14/h1-5,10-12,15H,6-9,13H2,(H,24,27)(H,25,29). The highest BCUT2D eigenvalue weighted by atomic mass is 19.1. The average molecular weight is 401 g/mol. The van der Waals surface area contributed by atoms with Crippen LogP contribution in [0.25, 0.3) is 0 Å². The van der Waals surface area contributed by atoms with E-state index in [-0.39, 0.29) is 55.9 Å². The van der Waals surface area contributed by atoms with Crippen LogP contribution in [0.4, 0.5) is 14.5 Å². The number of hydrogen-bond acceptors (Lipinski definition) is 3. The van der Waals surface area contributed by atoms with Gasteiger partial charge in [0.15, 0.2) is 0 Å². The molecule has 0 radical (unpaired) electrons. The molecule has 2 N–H and O–H groups in total. The Balaban J connectivity index is 1.43. The van der Waals surface area contributed by atoms with Gasteiger partial charge in [-0.15, -0.1) is 0 Å². The highest BCUT2D eigenvalue weighted by Crippen LogP contribution is 2.26. The lowest BCUT2D eigenvalue weighted by Gasteiger charge is -2.17. The fourth-order valence-corrected chi connectivity index (χ4v) is 3.20. The SMILES string of the molecule is O=C(Cc1ccccc1)NCCNC(=O)C1CC(=O)N(c2cc(F)cc(F)c2)C1. The van der Waals surface area contributed by atoms with Gasteiger partial charge < -0.3 is 15.5 Å². The van der Waals surface area contributed by atoms with E-state index < -0.39 is 17.6 Å². The van der Waals surface area contributed by atoms with Gasteiger partial charge in [-0.3, -0.25) is 14.4 Å². The van der Waals surface area contributed by atoms with Crippen LogP contribution in [0, 0.1) is 17.6 Å². The molecule has 1 saturated heterocycles. The quantitative estimate of drug-likeness (QED) is 0.695. The number of hydrogen-bond donors (Lipinski definition) is 2. The zero-order valence-electron chi connectivity index (χ0n) is 15.7. The normalized spacial score (nSPS) is 16.0. The molecule has 0 bridgehead atoms. The van der Waals surface area contributed by atoms with Crippen molar-refractivity contribution in [1.29, 1.82) is 0 Å². The molecule has 3 rings (SSSR count). The molecular weight excluding hydrogens is 380 g/mol. The minimum Gasteiger partial charge on any atom is -0.354 e. The molecule has 1 aliphatic heterocycles. The molecule has 2 aromatic rings. The van der Waals surface area contributed by atoms with E-state index in [1.807, 2.05) is 30.3 Å². The van der Waals surface area contributed by atoms with E-state index in [1.54, 1.807) is 0 Å². The average Bonchev–Trinajstić information content (AvgIpc) is 3.07. The monoisotopic (exact) mass is 401 g/mol. The van der Waals surface area contributed by atoms with Crippen LogP contribution in [-0.4, -0.2) is 37.4 Å². The minimum atomic E-state index is -0.785. The molecule has 2 aromatic carbocycles. The molecule has 8 heteroatoms. The molecule has 1 aliphatic rings. The lowest BCUT2D eigenvalue weighted by atomic mass is 10.1. The maximum Gasteiger partial charge on any atom is 0.227 e. The third kappa shape index (κ3) is 5.60. The predicted molar refractivity (Wildman–Crippen MR) is 103 cm³/mol. The summed E-state index contributed by atoms with van der Waals surface area (Å²) in [5, 5.41) is 5.40. The third-order valence-electron chi connectivity index (χ3n) is 4.61. The van der Waals surface area contributed by atoms with Gasteiger partial charge in [0.1, 0.15) is 11.6 Å². The highest BCUT2D eigenvalue weighted by Gasteiger charge is 2.35. The van der Waals surface area contributed by atoms with Crippen LogP contribution in [0.2, 0.25) is 0 Å². The number of rotatable bonds is 7. The first-order chi connectivity index (χ1) is 13.9. The fraction of sp³-hybridized carbons (Fsp3) is 0.286. The smallest absolute Gasteiger partial charge is 0.227 e. The molecule has 0 spiro atoms. The molecule has 29 heavy (non-hydrogen) atoms. The number of carbonyl (C=O) groups is 3. The second kappa shape index (κ2) is 9.27. The second-order valence-electron chi connectivity index (χ2n) is 6.84. The van der Waals surface area contributed by atoms with Gasteiger partial charge in [-0.05, 0) is 17.7 Å². The van der Waals surface area contributed by atoms with Crippen LogP contribution in [0.5, 0.6) is 0 Å². The lowest BCUT2D eigenvalue weighted by Crippen LogP contribution is -2.38. The van der Waals surface area contributed by atoms with Gasteiger partial charge in [0.05, 0.1) is 12.3 Å². The van der Waals surface area contributed by atoms with Crippen LogP contribution in [0.3, 0.4) is 0 Å². The van der Waals surface area contributed by atoms with Crippen LogP contribution < -0.4 is 15.5 Å². The van der Waals surface area contributed by atoms with Crippen molar-refractivity contribution in [2.45, 2.75) is 12.8 Å². The van der Waals surface area contributed by atoms with Crippen molar-refractivity contribution in [2.75, 3.05) is 24.5 Å². The highest BCUT2D eigenvalue weighted by molar-refractivity contribution is 6.00. The maximum absolute atomic E-state index is 13.4. The first kappa shape index (κ1) is 20.4. The van der Waals surface area contributed by atoms with Crippen LogP contribution in [0.15, 0.2) is 48.5 Å². The third-order valence-corrected chi connectivity index (χ3v) is 4.61. The van der Waals surface area contributed by atoms with Gasteiger partial charge >= 0.3 is 0 Å². The number of amides is 3. The van der Waals surface area contributed by atoms with Gasteiger partial charge in [0, 0.05) is 37.8 Å². The van der Waals surface area contributed by atoms with Gasteiger partial charge in [-0.2, -0.15) is 0 Å². The summed E-state index contributed by atoms with van der Waals surface area (Å²) in [5.74, 6) is -3.05. The Morgan fingerprint density at radius 2 is 1.66 bits per heavy atom. The lowest BCUT2D eigenvalue weighted by molar-refractivity contribution is -0.126. The maximum atomic E-state index is 13.4. The Hall–Kier alpha value is -3.29. The van der Waals surface area contributed by atoms with E-state index in [2.05, 4.69) is 10.6 Å². The number of benzene rings is 2. The summed E-state index contributed by atoms with van der Waals surface area (Å²) in [4.78, 5) is 37.5. The Bertz CT molecular complexity index is 885. The number of nitrogens with one attached hydrogen (secondary N) is 2. The molecular formula is C21H21F2N3O3. The molecule has 6 nitrogen and oxygen atoms in total. The first-order valence-electron chi connectivity index (χ1n) is 9.27. The molecule has 1 heterocycles. The van der Waals surface area contributed by atoms with Crippen molar-refractivity contribution in [3.05, 3.63) is 65.7 Å². The van der Waals surface area contributed by atoms with E-state index in [0.717, 1.165) is 23.8 Å². The molecule has 1 unspecified atom stereocenters. The summed E-state index contributed by atoms with van der Waals surface area (Å²) in [6.45, 7) is 0.531. The van der Waals surface area contributed by atoms with Gasteiger partial charge in [-0.25, -0.2) is 8.78 Å². The Kier molecular flexibility index (Phi) is 6.54. The number of nitrogens with zero attached hydrogens (tertiary/aromatic N) is 1.